The molecule has 1 aliphatic rings. The first-order valence-corrected chi connectivity index (χ1v) is 6.75. The zero-order valence-corrected chi connectivity index (χ0v) is 11.3. The van der Waals surface area contributed by atoms with E-state index in [1.54, 1.807) is 13.0 Å². The van der Waals surface area contributed by atoms with Gasteiger partial charge in [-0.25, -0.2) is 4.39 Å². The second-order valence-corrected chi connectivity index (χ2v) is 5.40. The summed E-state index contributed by atoms with van der Waals surface area (Å²) in [4.78, 5) is 0. The molecule has 1 nitrogen and oxygen atoms in total. The number of hydrogen-bond acceptors (Lipinski definition) is 1. The van der Waals surface area contributed by atoms with Gasteiger partial charge in [0.05, 0.1) is 6.04 Å². The van der Waals surface area contributed by atoms with Crippen molar-refractivity contribution >= 4 is 5.69 Å². The van der Waals surface area contributed by atoms with E-state index < -0.39 is 0 Å². The fourth-order valence-corrected chi connectivity index (χ4v) is 2.76. The second kappa shape index (κ2) is 4.69. The van der Waals surface area contributed by atoms with E-state index in [2.05, 4.69) is 30.4 Å². The minimum atomic E-state index is -0.146. The van der Waals surface area contributed by atoms with Crippen LogP contribution in [0.3, 0.4) is 0 Å². The van der Waals surface area contributed by atoms with Crippen molar-refractivity contribution in [3.63, 3.8) is 0 Å². The minimum absolute atomic E-state index is 0.146. The van der Waals surface area contributed by atoms with Crippen molar-refractivity contribution in [1.29, 1.82) is 0 Å². The first-order chi connectivity index (χ1) is 9.13. The molecule has 2 aromatic carbocycles. The van der Waals surface area contributed by atoms with Crippen LogP contribution in [-0.4, -0.2) is 0 Å². The Bertz CT molecular complexity index is 619. The van der Waals surface area contributed by atoms with Gasteiger partial charge in [-0.05, 0) is 55.5 Å². The van der Waals surface area contributed by atoms with Crippen LogP contribution in [-0.2, 0) is 6.42 Å². The molecule has 1 N–H and O–H groups in total. The maximum atomic E-state index is 13.6. The van der Waals surface area contributed by atoms with Gasteiger partial charge in [0.1, 0.15) is 5.82 Å². The number of anilines is 1. The van der Waals surface area contributed by atoms with Gasteiger partial charge in [0, 0.05) is 5.69 Å². The Morgan fingerprint density at radius 3 is 2.74 bits per heavy atom. The maximum absolute atomic E-state index is 13.6. The lowest BCUT2D eigenvalue weighted by molar-refractivity contribution is 0.618. The van der Waals surface area contributed by atoms with Crippen molar-refractivity contribution in [2.75, 3.05) is 5.32 Å². The van der Waals surface area contributed by atoms with Crippen molar-refractivity contribution in [2.45, 2.75) is 32.7 Å². The average molecular weight is 255 g/mol. The molecule has 1 aliphatic carbocycles. The van der Waals surface area contributed by atoms with E-state index in [-0.39, 0.29) is 5.82 Å². The normalized spacial score (nSPS) is 17.3. The van der Waals surface area contributed by atoms with Crippen molar-refractivity contribution in [3.05, 3.63) is 64.5 Å². The first-order valence-electron chi connectivity index (χ1n) is 6.75. The lowest BCUT2D eigenvalue weighted by Gasteiger charge is -2.16. The molecular weight excluding hydrogens is 237 g/mol. The Kier molecular flexibility index (Phi) is 3.02. The third kappa shape index (κ3) is 2.35. The monoisotopic (exact) mass is 255 g/mol. The van der Waals surface area contributed by atoms with Gasteiger partial charge < -0.3 is 5.32 Å². The van der Waals surface area contributed by atoms with Gasteiger partial charge in [0.15, 0.2) is 0 Å². The summed E-state index contributed by atoms with van der Waals surface area (Å²) in [7, 11) is 0. The predicted molar refractivity (Wildman–Crippen MR) is 77.0 cm³/mol. The van der Waals surface area contributed by atoms with Gasteiger partial charge in [0.2, 0.25) is 0 Å². The minimum Gasteiger partial charge on any atom is -0.378 e. The molecule has 0 amide bonds. The molecule has 2 heteroatoms. The first kappa shape index (κ1) is 12.2. The number of benzene rings is 2. The van der Waals surface area contributed by atoms with Crippen LogP contribution in [0.4, 0.5) is 10.1 Å². The molecule has 1 unspecified atom stereocenters. The van der Waals surface area contributed by atoms with Crippen LogP contribution in [0, 0.1) is 19.7 Å². The van der Waals surface area contributed by atoms with Crippen LogP contribution < -0.4 is 5.32 Å². The van der Waals surface area contributed by atoms with E-state index in [1.165, 1.54) is 16.7 Å². The van der Waals surface area contributed by atoms with Crippen molar-refractivity contribution < 1.29 is 4.39 Å². The summed E-state index contributed by atoms with van der Waals surface area (Å²) in [5.41, 5.74) is 5.61. The van der Waals surface area contributed by atoms with Gasteiger partial charge in [-0.3, -0.25) is 0 Å². The number of aryl methyl sites for hydroxylation is 3. The summed E-state index contributed by atoms with van der Waals surface area (Å²) >= 11 is 0. The van der Waals surface area contributed by atoms with E-state index in [1.807, 2.05) is 12.1 Å². The molecule has 1 atom stereocenters. The molecule has 0 fully saturated rings. The second-order valence-electron chi connectivity index (χ2n) is 5.40. The van der Waals surface area contributed by atoms with E-state index in [0.29, 0.717) is 11.6 Å². The quantitative estimate of drug-likeness (QED) is 0.830. The van der Waals surface area contributed by atoms with E-state index in [4.69, 9.17) is 0 Å². The Morgan fingerprint density at radius 2 is 1.95 bits per heavy atom. The van der Waals surface area contributed by atoms with Crippen molar-refractivity contribution in [2.24, 2.45) is 0 Å². The Morgan fingerprint density at radius 1 is 1.11 bits per heavy atom. The molecule has 3 rings (SSSR count). The molecular formula is C17H18FN. The third-order valence-electron chi connectivity index (χ3n) is 3.89. The molecule has 98 valence electrons. The van der Waals surface area contributed by atoms with Crippen LogP contribution in [0.25, 0.3) is 0 Å². The average Bonchev–Trinajstić information content (AvgIpc) is 2.77. The lowest BCUT2D eigenvalue weighted by Crippen LogP contribution is -2.07. The van der Waals surface area contributed by atoms with E-state index in [0.717, 1.165) is 18.5 Å². The van der Waals surface area contributed by atoms with Gasteiger partial charge in [-0.15, -0.1) is 0 Å². The number of halogens is 1. The largest absolute Gasteiger partial charge is 0.378 e. The molecule has 0 aliphatic heterocycles. The Hall–Kier alpha value is -1.83. The van der Waals surface area contributed by atoms with E-state index in [9.17, 15) is 4.39 Å². The summed E-state index contributed by atoms with van der Waals surface area (Å²) in [6.07, 6.45) is 2.18. The highest BCUT2D eigenvalue weighted by molar-refractivity contribution is 5.50. The lowest BCUT2D eigenvalue weighted by atomic mass is 10.0. The maximum Gasteiger partial charge on any atom is 0.128 e. The Labute approximate surface area is 113 Å². The van der Waals surface area contributed by atoms with Gasteiger partial charge in [0.25, 0.3) is 0 Å². The summed E-state index contributed by atoms with van der Waals surface area (Å²) in [6.45, 7) is 3.90. The zero-order valence-electron chi connectivity index (χ0n) is 11.3. The standard InChI is InChI=1S/C17H18FN/c1-11-3-5-13-6-8-17(15(13)9-11)19-14-7-4-12(2)16(18)10-14/h3-5,7,9-10,17,19H,6,8H2,1-2H3. The van der Waals surface area contributed by atoms with Gasteiger partial charge in [-0.2, -0.15) is 0 Å². The topological polar surface area (TPSA) is 12.0 Å². The molecule has 19 heavy (non-hydrogen) atoms. The molecule has 0 saturated carbocycles. The fourth-order valence-electron chi connectivity index (χ4n) is 2.76. The predicted octanol–water partition coefficient (Wildman–Crippen LogP) is 4.54. The molecule has 0 aromatic heterocycles. The SMILES string of the molecule is Cc1ccc2c(c1)C(Nc1ccc(C)c(F)c1)CC2. The fraction of sp³-hybridized carbons (Fsp3) is 0.294. The number of fused-ring (bicyclic) bond motifs is 1. The zero-order chi connectivity index (χ0) is 13.4. The summed E-state index contributed by atoms with van der Waals surface area (Å²) in [6, 6.07) is 12.3. The van der Waals surface area contributed by atoms with Crippen molar-refractivity contribution in [1.82, 2.24) is 0 Å². The summed E-state index contributed by atoms with van der Waals surface area (Å²) < 4.78 is 13.6. The summed E-state index contributed by atoms with van der Waals surface area (Å²) in [5.74, 6) is -0.146. The molecule has 0 bridgehead atoms. The van der Waals surface area contributed by atoms with Crippen LogP contribution in [0.1, 0.15) is 34.7 Å². The van der Waals surface area contributed by atoms with Crippen molar-refractivity contribution in [3.8, 4) is 0 Å². The highest BCUT2D eigenvalue weighted by Crippen LogP contribution is 2.34. The Balaban J connectivity index is 1.86. The number of rotatable bonds is 2. The third-order valence-corrected chi connectivity index (χ3v) is 3.89. The smallest absolute Gasteiger partial charge is 0.128 e. The van der Waals surface area contributed by atoms with Crippen LogP contribution >= 0.6 is 0 Å². The summed E-state index contributed by atoms with van der Waals surface area (Å²) in [5, 5.41) is 3.45. The highest BCUT2D eigenvalue weighted by atomic mass is 19.1. The van der Waals surface area contributed by atoms with Crippen LogP contribution in [0.15, 0.2) is 36.4 Å². The molecule has 0 spiro atoms. The molecule has 0 heterocycles. The molecule has 0 saturated heterocycles. The van der Waals surface area contributed by atoms with Gasteiger partial charge >= 0.3 is 0 Å². The van der Waals surface area contributed by atoms with E-state index >= 15 is 0 Å². The molecule has 2 aromatic rings. The van der Waals surface area contributed by atoms with Crippen LogP contribution in [0.5, 0.6) is 0 Å². The highest BCUT2D eigenvalue weighted by Gasteiger charge is 2.22. The molecule has 0 radical (unpaired) electrons. The number of nitrogens with one attached hydrogen (secondary N) is 1. The van der Waals surface area contributed by atoms with Gasteiger partial charge in [-0.1, -0.05) is 29.8 Å². The van der Waals surface area contributed by atoms with Crippen LogP contribution in [0.2, 0.25) is 0 Å². The number of hydrogen-bond donors (Lipinski definition) is 1.